The molecule has 220 valence electrons. The molecule has 0 unspecified atom stereocenters. The van der Waals surface area contributed by atoms with Crippen LogP contribution in [0.15, 0.2) is 79.1 Å². The number of H-pyrrole nitrogens is 1. The molecule has 1 aliphatic heterocycles. The van der Waals surface area contributed by atoms with Gasteiger partial charge in [-0.25, -0.2) is 4.98 Å². The van der Waals surface area contributed by atoms with E-state index >= 15 is 0 Å². The molecule has 2 heterocycles. The normalized spacial score (nSPS) is 15.3. The predicted octanol–water partition coefficient (Wildman–Crippen LogP) is 5.09. The van der Waals surface area contributed by atoms with E-state index in [1.165, 1.54) is 19.3 Å². The molecule has 1 aliphatic rings. The van der Waals surface area contributed by atoms with E-state index in [-0.39, 0.29) is 17.9 Å². The molecule has 0 saturated carbocycles. The lowest BCUT2D eigenvalue weighted by molar-refractivity contribution is -0.123. The molecule has 0 radical (unpaired) electrons. The van der Waals surface area contributed by atoms with Crippen molar-refractivity contribution >= 4 is 22.6 Å². The quantitative estimate of drug-likeness (QED) is 0.181. The molecule has 8 heteroatoms. The summed E-state index contributed by atoms with van der Waals surface area (Å²) in [6, 6.07) is 21.1. The zero-order valence-electron chi connectivity index (χ0n) is 24.4. The number of carbonyl (C=O) groups is 2. The highest BCUT2D eigenvalue weighted by Gasteiger charge is 2.24. The van der Waals surface area contributed by atoms with E-state index in [0.717, 1.165) is 53.8 Å². The number of likely N-dealkylation sites (tertiary alicyclic amines) is 1. The van der Waals surface area contributed by atoms with Crippen LogP contribution in [0, 0.1) is 0 Å². The van der Waals surface area contributed by atoms with E-state index in [4.69, 9.17) is 0 Å². The number of nitrogens with one attached hydrogen (secondary N) is 4. The van der Waals surface area contributed by atoms with Gasteiger partial charge in [-0.1, -0.05) is 61.0 Å². The second-order valence-corrected chi connectivity index (χ2v) is 11.2. The first kappa shape index (κ1) is 29.5. The Labute approximate surface area is 248 Å². The number of hydrogen-bond donors (Lipinski definition) is 4. The molecule has 0 aliphatic carbocycles. The molecule has 42 heavy (non-hydrogen) atoms. The topological polar surface area (TPSA) is 102 Å². The van der Waals surface area contributed by atoms with Crippen molar-refractivity contribution in [2.24, 2.45) is 0 Å². The van der Waals surface area contributed by atoms with Crippen LogP contribution in [-0.2, 0) is 17.9 Å². The Hall–Kier alpha value is -4.01. The first-order valence-corrected chi connectivity index (χ1v) is 15.2. The summed E-state index contributed by atoms with van der Waals surface area (Å²) < 4.78 is 0. The van der Waals surface area contributed by atoms with Gasteiger partial charge in [-0.2, -0.15) is 0 Å². The van der Waals surface area contributed by atoms with Gasteiger partial charge in [0.15, 0.2) is 0 Å². The number of nitrogens with zero attached hydrogens (tertiary/aromatic N) is 2. The monoisotopic (exact) mass is 566 g/mol. The molecule has 5 rings (SSSR count). The fourth-order valence-electron chi connectivity index (χ4n) is 5.73. The number of piperidine rings is 1. The molecule has 2 atom stereocenters. The van der Waals surface area contributed by atoms with Gasteiger partial charge in [0.1, 0.15) is 11.9 Å². The summed E-state index contributed by atoms with van der Waals surface area (Å²) in [4.78, 5) is 36.7. The number of benzene rings is 3. The summed E-state index contributed by atoms with van der Waals surface area (Å²) in [7, 11) is 0. The third kappa shape index (κ3) is 8.05. The number of fused-ring (bicyclic) bond motifs is 1. The molecule has 4 aromatic rings. The van der Waals surface area contributed by atoms with E-state index < -0.39 is 6.04 Å². The number of hydrogen-bond acceptors (Lipinski definition) is 5. The van der Waals surface area contributed by atoms with E-state index in [1.807, 2.05) is 49.4 Å². The van der Waals surface area contributed by atoms with Gasteiger partial charge < -0.3 is 25.8 Å². The summed E-state index contributed by atoms with van der Waals surface area (Å²) in [5, 5.41) is 11.8. The van der Waals surface area contributed by atoms with Crippen LogP contribution in [0.2, 0.25) is 0 Å². The molecule has 1 aromatic heterocycles. The van der Waals surface area contributed by atoms with Gasteiger partial charge in [0, 0.05) is 24.5 Å². The van der Waals surface area contributed by atoms with Crippen LogP contribution < -0.4 is 16.0 Å². The lowest BCUT2D eigenvalue weighted by atomic mass is 9.99. The van der Waals surface area contributed by atoms with Gasteiger partial charge in [0.2, 0.25) is 5.91 Å². The maximum atomic E-state index is 13.6. The number of carbonyl (C=O) groups excluding carboxylic acids is 2. The molecular weight excluding hydrogens is 524 g/mol. The maximum absolute atomic E-state index is 13.6. The van der Waals surface area contributed by atoms with Crippen LogP contribution in [0.5, 0.6) is 0 Å². The largest absolute Gasteiger partial charge is 0.348 e. The van der Waals surface area contributed by atoms with Crippen LogP contribution >= 0.6 is 0 Å². The smallest absolute Gasteiger partial charge is 0.251 e. The van der Waals surface area contributed by atoms with Gasteiger partial charge >= 0.3 is 0 Å². The van der Waals surface area contributed by atoms with Gasteiger partial charge in [-0.3, -0.25) is 9.59 Å². The predicted molar refractivity (Wildman–Crippen MR) is 167 cm³/mol. The second-order valence-electron chi connectivity index (χ2n) is 11.2. The second kappa shape index (κ2) is 14.8. The standard InChI is InChI=1S/C34H42N6O2/c1-25(29-12-7-10-27-9-3-4-11-30(27)29)38-34(42)31(13-8-22-40-20-5-2-6-21-40)39-33(41)28-16-14-26(15-17-28)23-35-24-32-36-18-19-37-32/h3-4,7,9-12,14-19,25,31,35H,2,5-6,8,13,20-24H2,1H3,(H,36,37)(H,38,42)(H,39,41)/t25-,31-/m0/s1. The number of imidazole rings is 1. The third-order valence-electron chi connectivity index (χ3n) is 8.08. The lowest BCUT2D eigenvalue weighted by Gasteiger charge is -2.27. The van der Waals surface area contributed by atoms with Gasteiger partial charge in [-0.05, 0) is 86.3 Å². The van der Waals surface area contributed by atoms with Crippen LogP contribution in [0.25, 0.3) is 10.8 Å². The average molecular weight is 567 g/mol. The van der Waals surface area contributed by atoms with Gasteiger partial charge in [-0.15, -0.1) is 0 Å². The first-order chi connectivity index (χ1) is 20.6. The highest BCUT2D eigenvalue weighted by atomic mass is 16.2. The third-order valence-corrected chi connectivity index (χ3v) is 8.08. The Morgan fingerprint density at radius 2 is 1.71 bits per heavy atom. The molecule has 1 fully saturated rings. The Bertz CT molecular complexity index is 1420. The summed E-state index contributed by atoms with van der Waals surface area (Å²) in [6.07, 6.45) is 8.73. The van der Waals surface area contributed by atoms with Crippen molar-refractivity contribution in [1.82, 2.24) is 30.8 Å². The summed E-state index contributed by atoms with van der Waals surface area (Å²) >= 11 is 0. The Balaban J connectivity index is 1.21. The lowest BCUT2D eigenvalue weighted by Crippen LogP contribution is -2.47. The number of aromatic nitrogens is 2. The van der Waals surface area contributed by atoms with Gasteiger partial charge in [0.25, 0.3) is 5.91 Å². The molecule has 3 aromatic carbocycles. The van der Waals surface area contributed by atoms with Crippen molar-refractivity contribution in [2.45, 2.75) is 64.2 Å². The molecular formula is C34H42N6O2. The molecule has 0 spiro atoms. The Morgan fingerprint density at radius 1 is 0.929 bits per heavy atom. The Morgan fingerprint density at radius 3 is 2.50 bits per heavy atom. The van der Waals surface area contributed by atoms with E-state index in [2.05, 4.69) is 55.1 Å². The summed E-state index contributed by atoms with van der Waals surface area (Å²) in [6.45, 7) is 6.48. The van der Waals surface area contributed by atoms with Crippen molar-refractivity contribution in [3.63, 3.8) is 0 Å². The zero-order chi connectivity index (χ0) is 29.1. The molecule has 8 nitrogen and oxygen atoms in total. The minimum absolute atomic E-state index is 0.152. The highest BCUT2D eigenvalue weighted by molar-refractivity contribution is 5.97. The minimum Gasteiger partial charge on any atom is -0.348 e. The van der Waals surface area contributed by atoms with Crippen molar-refractivity contribution in [3.8, 4) is 0 Å². The molecule has 2 amide bonds. The number of rotatable bonds is 13. The van der Waals surface area contributed by atoms with E-state index in [0.29, 0.717) is 25.1 Å². The average Bonchev–Trinajstić information content (AvgIpc) is 3.54. The molecule has 1 saturated heterocycles. The maximum Gasteiger partial charge on any atom is 0.251 e. The van der Waals surface area contributed by atoms with Crippen molar-refractivity contribution in [2.75, 3.05) is 19.6 Å². The molecule has 4 N–H and O–H groups in total. The zero-order valence-corrected chi connectivity index (χ0v) is 24.4. The van der Waals surface area contributed by atoms with Crippen LogP contribution in [0.3, 0.4) is 0 Å². The highest BCUT2D eigenvalue weighted by Crippen LogP contribution is 2.24. The summed E-state index contributed by atoms with van der Waals surface area (Å²) in [5.74, 6) is 0.493. The molecule has 0 bridgehead atoms. The van der Waals surface area contributed by atoms with Crippen molar-refractivity contribution < 1.29 is 9.59 Å². The Kier molecular flexibility index (Phi) is 10.4. The number of amides is 2. The van der Waals surface area contributed by atoms with E-state index in [1.54, 1.807) is 12.4 Å². The van der Waals surface area contributed by atoms with Crippen LogP contribution in [0.4, 0.5) is 0 Å². The number of aromatic amines is 1. The fraction of sp³-hybridized carbons (Fsp3) is 0.382. The van der Waals surface area contributed by atoms with Crippen molar-refractivity contribution in [3.05, 3.63) is 102 Å². The van der Waals surface area contributed by atoms with Gasteiger partial charge in [0.05, 0.1) is 12.6 Å². The fourth-order valence-corrected chi connectivity index (χ4v) is 5.73. The minimum atomic E-state index is -0.616. The van der Waals surface area contributed by atoms with E-state index in [9.17, 15) is 9.59 Å². The van der Waals surface area contributed by atoms with Crippen molar-refractivity contribution in [1.29, 1.82) is 0 Å². The SMILES string of the molecule is C[C@H](NC(=O)[C@H](CCCN1CCCCC1)NC(=O)c1ccc(CNCc2ncc[nH]2)cc1)c1cccc2ccccc12. The summed E-state index contributed by atoms with van der Waals surface area (Å²) in [5.41, 5.74) is 2.68. The van der Waals surface area contributed by atoms with Crippen LogP contribution in [0.1, 0.15) is 72.4 Å². The first-order valence-electron chi connectivity index (χ1n) is 15.2. The van der Waals surface area contributed by atoms with Crippen LogP contribution in [-0.4, -0.2) is 52.4 Å².